The first kappa shape index (κ1) is 14.6. The number of aryl methyl sites for hydroxylation is 4. The van der Waals surface area contributed by atoms with E-state index in [0.717, 1.165) is 40.7 Å². The number of hydrogen-bond acceptors (Lipinski definition) is 2. The van der Waals surface area contributed by atoms with Gasteiger partial charge in [0.15, 0.2) is 0 Å². The van der Waals surface area contributed by atoms with Gasteiger partial charge < -0.3 is 4.57 Å². The summed E-state index contributed by atoms with van der Waals surface area (Å²) in [6, 6.07) is 6.20. The lowest BCUT2D eigenvalue weighted by atomic mass is 10.2. The minimum atomic E-state index is 0.581. The van der Waals surface area contributed by atoms with Crippen LogP contribution in [0.3, 0.4) is 0 Å². The fraction of sp³-hybridized carbons (Fsp3) is 0.333. The molecule has 0 amide bonds. The van der Waals surface area contributed by atoms with E-state index < -0.39 is 0 Å². The number of hydrogen-bond donors (Lipinski definition) is 0. The quantitative estimate of drug-likeness (QED) is 0.646. The van der Waals surface area contributed by atoms with Crippen molar-refractivity contribution in [3.8, 4) is 0 Å². The number of halogens is 2. The van der Waals surface area contributed by atoms with Crippen LogP contribution in [-0.4, -0.2) is 25.2 Å². The van der Waals surface area contributed by atoms with E-state index in [4.69, 9.17) is 16.6 Å². The first-order chi connectivity index (χ1) is 10.2. The Balaban J connectivity index is 1.92. The SMILES string of the molecule is Cn1cc(CCn2c(CCCl)nc3cc(Br)ccc32)cn1. The molecular weight excluding hydrogens is 352 g/mol. The second kappa shape index (κ2) is 6.20. The van der Waals surface area contributed by atoms with Gasteiger partial charge in [-0.2, -0.15) is 5.10 Å². The summed E-state index contributed by atoms with van der Waals surface area (Å²) in [6.07, 6.45) is 5.68. The minimum Gasteiger partial charge on any atom is -0.328 e. The van der Waals surface area contributed by atoms with Crippen molar-refractivity contribution in [2.75, 3.05) is 5.88 Å². The van der Waals surface area contributed by atoms with Gasteiger partial charge in [0, 0.05) is 36.6 Å². The van der Waals surface area contributed by atoms with Crippen molar-refractivity contribution < 1.29 is 0 Å². The molecule has 4 nitrogen and oxygen atoms in total. The Morgan fingerprint density at radius 2 is 2.14 bits per heavy atom. The molecule has 3 rings (SSSR count). The molecule has 0 N–H and O–H groups in total. The number of nitrogens with zero attached hydrogens (tertiary/aromatic N) is 4. The molecule has 2 aromatic heterocycles. The number of aromatic nitrogens is 4. The van der Waals surface area contributed by atoms with Crippen LogP contribution in [0, 0.1) is 0 Å². The number of imidazole rings is 1. The van der Waals surface area contributed by atoms with E-state index in [9.17, 15) is 0 Å². The maximum Gasteiger partial charge on any atom is 0.111 e. The summed E-state index contributed by atoms with van der Waals surface area (Å²) in [7, 11) is 1.94. The maximum atomic E-state index is 5.91. The van der Waals surface area contributed by atoms with Crippen LogP contribution in [0.25, 0.3) is 11.0 Å². The summed E-state index contributed by atoms with van der Waals surface area (Å²) in [5.74, 6) is 1.62. The Bertz CT molecular complexity index is 762. The third kappa shape index (κ3) is 3.14. The van der Waals surface area contributed by atoms with Gasteiger partial charge in [-0.15, -0.1) is 11.6 Å². The zero-order chi connectivity index (χ0) is 14.8. The molecular formula is C15H16BrClN4. The molecule has 0 radical (unpaired) electrons. The second-order valence-electron chi connectivity index (χ2n) is 5.02. The average molecular weight is 368 g/mol. The highest BCUT2D eigenvalue weighted by molar-refractivity contribution is 9.10. The summed E-state index contributed by atoms with van der Waals surface area (Å²) in [6.45, 7) is 0.885. The smallest absolute Gasteiger partial charge is 0.111 e. The molecule has 3 aromatic rings. The average Bonchev–Trinajstić information content (AvgIpc) is 3.00. The van der Waals surface area contributed by atoms with Gasteiger partial charge in [0.1, 0.15) is 5.82 Å². The molecule has 0 aliphatic carbocycles. The summed E-state index contributed by atoms with van der Waals surface area (Å²) < 4.78 is 5.14. The molecule has 0 fully saturated rings. The number of alkyl halides is 1. The van der Waals surface area contributed by atoms with Crippen molar-refractivity contribution in [3.05, 3.63) is 46.5 Å². The topological polar surface area (TPSA) is 35.6 Å². The Morgan fingerprint density at radius 3 is 2.86 bits per heavy atom. The number of fused-ring (bicyclic) bond motifs is 1. The van der Waals surface area contributed by atoms with Crippen molar-refractivity contribution >= 4 is 38.6 Å². The van der Waals surface area contributed by atoms with Crippen LogP contribution >= 0.6 is 27.5 Å². The molecule has 2 heterocycles. The van der Waals surface area contributed by atoms with Gasteiger partial charge in [-0.25, -0.2) is 4.98 Å². The number of benzene rings is 1. The first-order valence-corrected chi connectivity index (χ1v) is 8.18. The van der Waals surface area contributed by atoms with Gasteiger partial charge in [-0.05, 0) is 30.2 Å². The van der Waals surface area contributed by atoms with E-state index in [0.29, 0.717) is 5.88 Å². The monoisotopic (exact) mass is 366 g/mol. The largest absolute Gasteiger partial charge is 0.328 e. The molecule has 110 valence electrons. The summed E-state index contributed by atoms with van der Waals surface area (Å²) in [4.78, 5) is 4.71. The van der Waals surface area contributed by atoms with Gasteiger partial charge >= 0.3 is 0 Å². The van der Waals surface area contributed by atoms with Gasteiger partial charge in [-0.3, -0.25) is 4.68 Å². The Kier molecular flexibility index (Phi) is 4.31. The molecule has 6 heteroatoms. The van der Waals surface area contributed by atoms with Crippen LogP contribution in [0.5, 0.6) is 0 Å². The molecule has 0 unspecified atom stereocenters. The van der Waals surface area contributed by atoms with Crippen molar-refractivity contribution in [2.24, 2.45) is 7.05 Å². The normalized spacial score (nSPS) is 11.4. The van der Waals surface area contributed by atoms with Crippen molar-refractivity contribution in [1.29, 1.82) is 0 Å². The van der Waals surface area contributed by atoms with Crippen molar-refractivity contribution in [2.45, 2.75) is 19.4 Å². The van der Waals surface area contributed by atoms with E-state index in [1.54, 1.807) is 0 Å². The zero-order valence-corrected chi connectivity index (χ0v) is 14.1. The van der Waals surface area contributed by atoms with Gasteiger partial charge in [0.25, 0.3) is 0 Å². The summed E-state index contributed by atoms with van der Waals surface area (Å²) in [5, 5.41) is 4.21. The van der Waals surface area contributed by atoms with Crippen LogP contribution in [0.15, 0.2) is 35.1 Å². The highest BCUT2D eigenvalue weighted by Crippen LogP contribution is 2.22. The molecule has 0 atom stereocenters. The molecule has 1 aromatic carbocycles. The van der Waals surface area contributed by atoms with Crippen molar-refractivity contribution in [3.63, 3.8) is 0 Å². The molecule has 0 saturated heterocycles. The van der Waals surface area contributed by atoms with E-state index >= 15 is 0 Å². The van der Waals surface area contributed by atoms with Gasteiger partial charge in [0.2, 0.25) is 0 Å². The van der Waals surface area contributed by atoms with E-state index in [-0.39, 0.29) is 0 Å². The predicted molar refractivity (Wildman–Crippen MR) is 88.8 cm³/mol. The molecule has 0 bridgehead atoms. The summed E-state index contributed by atoms with van der Waals surface area (Å²) >= 11 is 9.41. The van der Waals surface area contributed by atoms with E-state index in [1.807, 2.05) is 24.0 Å². The Hall–Kier alpha value is -1.33. The maximum absolute atomic E-state index is 5.91. The highest BCUT2D eigenvalue weighted by Gasteiger charge is 2.11. The predicted octanol–water partition coefficient (Wildman–Crippen LogP) is 3.56. The van der Waals surface area contributed by atoms with Gasteiger partial charge in [-0.1, -0.05) is 15.9 Å². The van der Waals surface area contributed by atoms with Crippen LogP contribution in [0.1, 0.15) is 11.4 Å². The molecule has 21 heavy (non-hydrogen) atoms. The third-order valence-electron chi connectivity index (χ3n) is 3.49. The lowest BCUT2D eigenvalue weighted by Gasteiger charge is -2.07. The van der Waals surface area contributed by atoms with E-state index in [1.165, 1.54) is 5.56 Å². The lowest BCUT2D eigenvalue weighted by molar-refractivity contribution is 0.674. The molecule has 0 aliphatic rings. The molecule has 0 spiro atoms. The van der Waals surface area contributed by atoms with Crippen LogP contribution in [0.2, 0.25) is 0 Å². The number of rotatable bonds is 5. The zero-order valence-electron chi connectivity index (χ0n) is 11.8. The molecule has 0 saturated carbocycles. The fourth-order valence-corrected chi connectivity index (χ4v) is 3.04. The van der Waals surface area contributed by atoms with Gasteiger partial charge in [0.05, 0.1) is 17.2 Å². The minimum absolute atomic E-state index is 0.581. The first-order valence-electron chi connectivity index (χ1n) is 6.85. The van der Waals surface area contributed by atoms with Crippen LogP contribution in [0.4, 0.5) is 0 Å². The standard InChI is InChI=1S/C15H16BrClN4/c1-20-10-11(9-18-20)5-7-21-14-3-2-12(16)8-13(14)19-15(21)4-6-17/h2-3,8-10H,4-7H2,1H3. The lowest BCUT2D eigenvalue weighted by Crippen LogP contribution is -2.06. The third-order valence-corrected chi connectivity index (χ3v) is 4.17. The van der Waals surface area contributed by atoms with Crippen LogP contribution < -0.4 is 0 Å². The van der Waals surface area contributed by atoms with E-state index in [2.05, 4.69) is 43.9 Å². The highest BCUT2D eigenvalue weighted by atomic mass is 79.9. The van der Waals surface area contributed by atoms with Crippen LogP contribution in [-0.2, 0) is 26.4 Å². The summed E-state index contributed by atoms with van der Waals surface area (Å²) in [5.41, 5.74) is 3.39. The Labute approximate surface area is 136 Å². The van der Waals surface area contributed by atoms with Crippen molar-refractivity contribution in [1.82, 2.24) is 19.3 Å². The fourth-order valence-electron chi connectivity index (χ4n) is 2.52. The second-order valence-corrected chi connectivity index (χ2v) is 6.32. The molecule has 0 aliphatic heterocycles. The Morgan fingerprint density at radius 1 is 1.29 bits per heavy atom.